The highest BCUT2D eigenvalue weighted by Crippen LogP contribution is 2.11. The van der Waals surface area contributed by atoms with Crippen LogP contribution in [0.15, 0.2) is 18.2 Å². The van der Waals surface area contributed by atoms with E-state index in [0.717, 1.165) is 5.56 Å². The van der Waals surface area contributed by atoms with Gasteiger partial charge >= 0.3 is 0 Å². The molecule has 1 aromatic carbocycles. The van der Waals surface area contributed by atoms with Gasteiger partial charge in [-0.3, -0.25) is 0 Å². The number of terminal acetylenes is 1. The minimum absolute atomic E-state index is 0.583. The van der Waals surface area contributed by atoms with Crippen LogP contribution in [0.2, 0.25) is 5.02 Å². The summed E-state index contributed by atoms with van der Waals surface area (Å²) < 4.78 is 0. The van der Waals surface area contributed by atoms with Gasteiger partial charge in [0.05, 0.1) is 5.02 Å². The largest absolute Gasteiger partial charge is 0.115 e. The molecule has 0 fully saturated rings. The fourth-order valence-corrected chi connectivity index (χ4v) is 0.708. The van der Waals surface area contributed by atoms with E-state index in [0.29, 0.717) is 5.02 Å². The monoisotopic (exact) mass is 135 g/mol. The van der Waals surface area contributed by atoms with Crippen LogP contribution in [-0.4, -0.2) is 0 Å². The van der Waals surface area contributed by atoms with Gasteiger partial charge < -0.3 is 0 Å². The molecule has 0 aliphatic carbocycles. The summed E-state index contributed by atoms with van der Waals surface area (Å²) in [5, 5.41) is 0.583. The molecule has 1 radical (unpaired) electrons. The first kappa shape index (κ1) is 6.19. The van der Waals surface area contributed by atoms with E-state index in [9.17, 15) is 0 Å². The Hall–Kier alpha value is -0.930. The van der Waals surface area contributed by atoms with Gasteiger partial charge in [-0.2, -0.15) is 0 Å². The minimum atomic E-state index is 0.583. The fourth-order valence-electron chi connectivity index (χ4n) is 0.527. The summed E-state index contributed by atoms with van der Waals surface area (Å²) in [5.41, 5.74) is 0.718. The molecule has 0 aromatic heterocycles. The average molecular weight is 136 g/mol. The Labute approximate surface area is 59.5 Å². The van der Waals surface area contributed by atoms with Crippen molar-refractivity contribution in [1.82, 2.24) is 0 Å². The third-order valence-corrected chi connectivity index (χ3v) is 1.28. The van der Waals surface area contributed by atoms with Gasteiger partial charge in [0.2, 0.25) is 0 Å². The highest BCUT2D eigenvalue weighted by Gasteiger charge is 1.90. The predicted octanol–water partition coefficient (Wildman–Crippen LogP) is 2.12. The van der Waals surface area contributed by atoms with E-state index < -0.39 is 0 Å². The van der Waals surface area contributed by atoms with Crippen molar-refractivity contribution in [3.63, 3.8) is 0 Å². The van der Waals surface area contributed by atoms with Crippen molar-refractivity contribution >= 4 is 11.6 Å². The van der Waals surface area contributed by atoms with Crippen molar-refractivity contribution < 1.29 is 0 Å². The van der Waals surface area contributed by atoms with Gasteiger partial charge in [-0.1, -0.05) is 23.6 Å². The second kappa shape index (κ2) is 2.57. The lowest BCUT2D eigenvalue weighted by Gasteiger charge is -1.89. The molecule has 0 unspecified atom stereocenters. The van der Waals surface area contributed by atoms with Gasteiger partial charge in [0.15, 0.2) is 0 Å². The van der Waals surface area contributed by atoms with E-state index in [-0.39, 0.29) is 0 Å². The quantitative estimate of drug-likeness (QED) is 0.478. The molecule has 9 heavy (non-hydrogen) atoms. The lowest BCUT2D eigenvalue weighted by atomic mass is 10.2. The first-order valence-corrected chi connectivity index (χ1v) is 2.84. The molecule has 1 rings (SSSR count). The molecule has 0 saturated carbocycles. The standard InChI is InChI=1S/C8H4Cl/c1-2-7-5-3-4-6-8(7)9/h1,3,5-6H. The van der Waals surface area contributed by atoms with Gasteiger partial charge in [-0.05, 0) is 18.2 Å². The van der Waals surface area contributed by atoms with Crippen molar-refractivity contribution in [3.8, 4) is 12.3 Å². The molecule has 0 atom stereocenters. The zero-order valence-corrected chi connectivity index (χ0v) is 5.44. The Morgan fingerprint density at radius 3 is 2.89 bits per heavy atom. The highest BCUT2D eigenvalue weighted by atomic mass is 35.5. The molecule has 0 aliphatic rings. The van der Waals surface area contributed by atoms with Gasteiger partial charge in [0.25, 0.3) is 0 Å². The van der Waals surface area contributed by atoms with E-state index >= 15 is 0 Å². The lowest BCUT2D eigenvalue weighted by molar-refractivity contribution is 1.64. The van der Waals surface area contributed by atoms with Crippen molar-refractivity contribution in [1.29, 1.82) is 0 Å². The number of hydrogen-bond donors (Lipinski definition) is 0. The zero-order valence-electron chi connectivity index (χ0n) is 4.69. The molecule has 0 N–H and O–H groups in total. The van der Waals surface area contributed by atoms with Crippen LogP contribution >= 0.6 is 11.6 Å². The summed E-state index contributed by atoms with van der Waals surface area (Å²) >= 11 is 5.65. The van der Waals surface area contributed by atoms with E-state index in [1.54, 1.807) is 18.2 Å². The number of halogens is 1. The van der Waals surface area contributed by atoms with Crippen LogP contribution < -0.4 is 0 Å². The molecular weight excluding hydrogens is 132 g/mol. The summed E-state index contributed by atoms with van der Waals surface area (Å²) in [6.45, 7) is 0. The Balaban J connectivity index is 3.20. The Morgan fingerprint density at radius 2 is 2.44 bits per heavy atom. The third-order valence-electron chi connectivity index (χ3n) is 0.969. The van der Waals surface area contributed by atoms with Crippen molar-refractivity contribution in [2.45, 2.75) is 0 Å². The minimum Gasteiger partial charge on any atom is -0.115 e. The van der Waals surface area contributed by atoms with Crippen LogP contribution in [-0.2, 0) is 0 Å². The molecule has 0 nitrogen and oxygen atoms in total. The molecule has 0 heterocycles. The van der Waals surface area contributed by atoms with Crippen LogP contribution in [0.3, 0.4) is 0 Å². The maximum absolute atomic E-state index is 5.65. The molecule has 1 aromatic rings. The van der Waals surface area contributed by atoms with Gasteiger partial charge in [0, 0.05) is 5.56 Å². The number of hydrogen-bond acceptors (Lipinski definition) is 0. The van der Waals surface area contributed by atoms with Crippen molar-refractivity contribution in [2.24, 2.45) is 0 Å². The predicted molar refractivity (Wildman–Crippen MR) is 38.2 cm³/mol. The van der Waals surface area contributed by atoms with Crippen LogP contribution in [0.1, 0.15) is 5.56 Å². The first-order valence-electron chi connectivity index (χ1n) is 2.47. The molecule has 0 bridgehead atoms. The van der Waals surface area contributed by atoms with Crippen LogP contribution in [0, 0.1) is 18.4 Å². The molecule has 0 saturated heterocycles. The van der Waals surface area contributed by atoms with E-state index in [2.05, 4.69) is 12.0 Å². The van der Waals surface area contributed by atoms with E-state index in [4.69, 9.17) is 18.0 Å². The molecule has 0 amide bonds. The Morgan fingerprint density at radius 1 is 1.67 bits per heavy atom. The number of benzene rings is 1. The number of rotatable bonds is 0. The summed E-state index contributed by atoms with van der Waals surface area (Å²) in [6.07, 6.45) is 5.10. The van der Waals surface area contributed by atoms with Gasteiger partial charge in [-0.15, -0.1) is 6.42 Å². The van der Waals surface area contributed by atoms with Crippen molar-refractivity contribution in [3.05, 3.63) is 34.9 Å². The third kappa shape index (κ3) is 1.25. The average Bonchev–Trinajstić information content (AvgIpc) is 1.89. The summed E-state index contributed by atoms with van der Waals surface area (Å²) in [5.74, 6) is 2.44. The summed E-state index contributed by atoms with van der Waals surface area (Å²) in [6, 6.07) is 7.95. The molecule has 1 heteroatoms. The highest BCUT2D eigenvalue weighted by molar-refractivity contribution is 6.31. The maximum Gasteiger partial charge on any atom is 0.0568 e. The van der Waals surface area contributed by atoms with Crippen LogP contribution in [0.5, 0.6) is 0 Å². The zero-order chi connectivity index (χ0) is 6.69. The normalized spacial score (nSPS) is 8.44. The Bertz CT molecular complexity index is 245. The Kier molecular flexibility index (Phi) is 1.77. The smallest absolute Gasteiger partial charge is 0.0568 e. The second-order valence-corrected chi connectivity index (χ2v) is 1.96. The molecule has 43 valence electrons. The molecule has 0 spiro atoms. The molecular formula is C8H4Cl. The topological polar surface area (TPSA) is 0 Å². The lowest BCUT2D eigenvalue weighted by Crippen LogP contribution is -1.72. The first-order chi connectivity index (χ1) is 4.34. The molecule has 0 aliphatic heterocycles. The SMILES string of the molecule is C#Cc1cc[c]cc1Cl. The van der Waals surface area contributed by atoms with Crippen LogP contribution in [0.25, 0.3) is 0 Å². The van der Waals surface area contributed by atoms with Gasteiger partial charge in [0.1, 0.15) is 0 Å². The maximum atomic E-state index is 5.65. The van der Waals surface area contributed by atoms with E-state index in [1.165, 1.54) is 0 Å². The van der Waals surface area contributed by atoms with E-state index in [1.807, 2.05) is 0 Å². The van der Waals surface area contributed by atoms with Crippen LogP contribution in [0.4, 0.5) is 0 Å². The van der Waals surface area contributed by atoms with Crippen molar-refractivity contribution in [2.75, 3.05) is 0 Å². The summed E-state index contributed by atoms with van der Waals surface area (Å²) in [7, 11) is 0. The summed E-state index contributed by atoms with van der Waals surface area (Å²) in [4.78, 5) is 0. The second-order valence-electron chi connectivity index (χ2n) is 1.55. The van der Waals surface area contributed by atoms with Gasteiger partial charge in [-0.25, -0.2) is 0 Å². The fraction of sp³-hybridized carbons (Fsp3) is 0.